The van der Waals surface area contributed by atoms with E-state index < -0.39 is 28.7 Å². The number of hydrogen-bond acceptors (Lipinski definition) is 2. The molecule has 0 atom stereocenters. The number of anilines is 1. The van der Waals surface area contributed by atoms with E-state index in [2.05, 4.69) is 12.2 Å². The summed E-state index contributed by atoms with van der Waals surface area (Å²) < 4.78 is 39.5. The molecule has 1 heterocycles. The highest BCUT2D eigenvalue weighted by Crippen LogP contribution is 2.37. The third-order valence-electron chi connectivity index (χ3n) is 4.71. The van der Waals surface area contributed by atoms with E-state index >= 15 is 0 Å². The van der Waals surface area contributed by atoms with E-state index in [-0.39, 0.29) is 10.9 Å². The molecule has 2 rings (SSSR count). The van der Waals surface area contributed by atoms with Crippen LogP contribution >= 0.6 is 11.6 Å². The number of benzene rings is 1. The maximum atomic E-state index is 13.2. The second-order valence-electron chi connectivity index (χ2n) is 7.24. The van der Waals surface area contributed by atoms with Crippen molar-refractivity contribution in [3.8, 4) is 0 Å². The van der Waals surface area contributed by atoms with Gasteiger partial charge in [-0.1, -0.05) is 18.5 Å². The first-order valence-corrected chi connectivity index (χ1v) is 8.78. The molecule has 1 saturated heterocycles. The standard InChI is InChI=1S/C18H22ClF3N2O2/c1-11-6-8-24(9-7-11)16(26)17(2,3)15(25)23-14-5-4-12(19)10-13(14)18(20,21)22/h4-5,10-11H,6-9H2,1-3H3,(H,23,25). The fourth-order valence-electron chi connectivity index (χ4n) is 2.84. The van der Waals surface area contributed by atoms with Crippen molar-refractivity contribution in [2.45, 2.75) is 39.8 Å². The summed E-state index contributed by atoms with van der Waals surface area (Å²) in [6.45, 7) is 6.04. The number of halogens is 4. The van der Waals surface area contributed by atoms with E-state index in [1.54, 1.807) is 4.90 Å². The first-order valence-electron chi connectivity index (χ1n) is 8.40. The fourth-order valence-corrected chi connectivity index (χ4v) is 3.01. The summed E-state index contributed by atoms with van der Waals surface area (Å²) >= 11 is 5.64. The van der Waals surface area contributed by atoms with Crippen LogP contribution in [-0.4, -0.2) is 29.8 Å². The topological polar surface area (TPSA) is 49.4 Å². The van der Waals surface area contributed by atoms with Gasteiger partial charge in [0.25, 0.3) is 0 Å². The molecule has 26 heavy (non-hydrogen) atoms. The number of carbonyl (C=O) groups excluding carboxylic acids is 2. The summed E-state index contributed by atoms with van der Waals surface area (Å²) in [5.74, 6) is -0.655. The summed E-state index contributed by atoms with van der Waals surface area (Å²) in [5.41, 5.74) is -2.95. The molecule has 0 aromatic heterocycles. The lowest BCUT2D eigenvalue weighted by molar-refractivity contribution is -0.147. The van der Waals surface area contributed by atoms with Gasteiger partial charge in [0.05, 0.1) is 11.3 Å². The predicted octanol–water partition coefficient (Wildman–Crippen LogP) is 4.58. The van der Waals surface area contributed by atoms with Crippen LogP contribution in [0.15, 0.2) is 18.2 Å². The SMILES string of the molecule is CC1CCN(C(=O)C(C)(C)C(=O)Nc2ccc(Cl)cc2C(F)(F)F)CC1. The Balaban J connectivity index is 2.19. The van der Waals surface area contributed by atoms with E-state index in [4.69, 9.17) is 11.6 Å². The van der Waals surface area contributed by atoms with Crippen molar-refractivity contribution < 1.29 is 22.8 Å². The van der Waals surface area contributed by atoms with Crippen LogP contribution in [0, 0.1) is 11.3 Å². The minimum atomic E-state index is -4.68. The van der Waals surface area contributed by atoms with Gasteiger partial charge < -0.3 is 10.2 Å². The van der Waals surface area contributed by atoms with Crippen molar-refractivity contribution in [2.24, 2.45) is 11.3 Å². The van der Waals surface area contributed by atoms with Gasteiger partial charge in [-0.15, -0.1) is 0 Å². The lowest BCUT2D eigenvalue weighted by Crippen LogP contribution is -2.49. The number of nitrogens with one attached hydrogen (secondary N) is 1. The smallest absolute Gasteiger partial charge is 0.342 e. The molecule has 0 unspecified atom stereocenters. The van der Waals surface area contributed by atoms with Crippen LogP contribution in [0.5, 0.6) is 0 Å². The molecule has 2 amide bonds. The zero-order valence-corrected chi connectivity index (χ0v) is 15.7. The van der Waals surface area contributed by atoms with Crippen LogP contribution in [0.1, 0.15) is 39.2 Å². The first-order chi connectivity index (χ1) is 11.9. The van der Waals surface area contributed by atoms with Crippen molar-refractivity contribution in [1.82, 2.24) is 4.90 Å². The van der Waals surface area contributed by atoms with Gasteiger partial charge in [-0.2, -0.15) is 13.2 Å². The number of likely N-dealkylation sites (tertiary alicyclic amines) is 1. The molecule has 1 N–H and O–H groups in total. The second kappa shape index (κ2) is 7.47. The molecule has 0 spiro atoms. The average Bonchev–Trinajstić information content (AvgIpc) is 2.55. The molecule has 0 aliphatic carbocycles. The third kappa shape index (κ3) is 4.50. The highest BCUT2D eigenvalue weighted by atomic mass is 35.5. The number of amides is 2. The fraction of sp³-hybridized carbons (Fsp3) is 0.556. The van der Waals surface area contributed by atoms with Crippen LogP contribution in [0.2, 0.25) is 5.02 Å². The summed E-state index contributed by atoms with van der Waals surface area (Å²) in [7, 11) is 0. The normalized spacial score (nSPS) is 16.5. The quantitative estimate of drug-likeness (QED) is 0.768. The molecule has 0 bridgehead atoms. The van der Waals surface area contributed by atoms with Crippen molar-refractivity contribution in [2.75, 3.05) is 18.4 Å². The minimum absolute atomic E-state index is 0.0897. The van der Waals surface area contributed by atoms with E-state index in [0.717, 1.165) is 25.0 Å². The van der Waals surface area contributed by atoms with Gasteiger partial charge >= 0.3 is 6.18 Å². The molecule has 144 valence electrons. The van der Waals surface area contributed by atoms with E-state index in [9.17, 15) is 22.8 Å². The maximum absolute atomic E-state index is 13.2. The van der Waals surface area contributed by atoms with Crippen LogP contribution < -0.4 is 5.32 Å². The number of piperidine rings is 1. The Bertz CT molecular complexity index is 696. The molecule has 1 fully saturated rings. The molecule has 0 radical (unpaired) electrons. The molecule has 4 nitrogen and oxygen atoms in total. The van der Waals surface area contributed by atoms with Crippen molar-refractivity contribution in [1.29, 1.82) is 0 Å². The molecule has 1 aliphatic rings. The zero-order valence-electron chi connectivity index (χ0n) is 14.9. The molecule has 1 aromatic rings. The second-order valence-corrected chi connectivity index (χ2v) is 7.68. The van der Waals surface area contributed by atoms with E-state index in [1.165, 1.54) is 19.9 Å². The maximum Gasteiger partial charge on any atom is 0.418 e. The van der Waals surface area contributed by atoms with Crippen molar-refractivity contribution in [3.63, 3.8) is 0 Å². The molecule has 1 aromatic carbocycles. The largest absolute Gasteiger partial charge is 0.418 e. The number of carbonyl (C=O) groups is 2. The monoisotopic (exact) mass is 390 g/mol. The molecule has 8 heteroatoms. The summed E-state index contributed by atoms with van der Waals surface area (Å²) in [4.78, 5) is 26.9. The van der Waals surface area contributed by atoms with Gasteiger partial charge in [0.1, 0.15) is 5.41 Å². The Morgan fingerprint density at radius 2 is 1.77 bits per heavy atom. The summed E-state index contributed by atoms with van der Waals surface area (Å²) in [5, 5.41) is 2.16. The number of alkyl halides is 3. The third-order valence-corrected chi connectivity index (χ3v) is 4.94. The first kappa shape index (κ1) is 20.6. The Hall–Kier alpha value is -1.76. The Labute approximate surface area is 155 Å². The minimum Gasteiger partial charge on any atom is -0.342 e. The molecule has 1 aliphatic heterocycles. The van der Waals surface area contributed by atoms with Crippen LogP contribution in [0.3, 0.4) is 0 Å². The molecular weight excluding hydrogens is 369 g/mol. The summed E-state index contributed by atoms with van der Waals surface area (Å²) in [6.07, 6.45) is -2.98. The lowest BCUT2D eigenvalue weighted by atomic mass is 9.88. The Morgan fingerprint density at radius 3 is 2.31 bits per heavy atom. The number of rotatable bonds is 3. The predicted molar refractivity (Wildman–Crippen MR) is 93.8 cm³/mol. The zero-order chi connectivity index (χ0) is 19.7. The highest BCUT2D eigenvalue weighted by Gasteiger charge is 2.41. The number of hydrogen-bond donors (Lipinski definition) is 1. The van der Waals surface area contributed by atoms with E-state index in [0.29, 0.717) is 19.0 Å². The van der Waals surface area contributed by atoms with Gasteiger partial charge in [-0.25, -0.2) is 0 Å². The lowest BCUT2D eigenvalue weighted by Gasteiger charge is -2.35. The van der Waals surface area contributed by atoms with Crippen LogP contribution in [-0.2, 0) is 15.8 Å². The van der Waals surface area contributed by atoms with Gasteiger partial charge in [-0.05, 0) is 50.8 Å². The molecule has 0 saturated carbocycles. The van der Waals surface area contributed by atoms with Gasteiger partial charge in [0, 0.05) is 18.1 Å². The van der Waals surface area contributed by atoms with Gasteiger partial charge in [0.15, 0.2) is 0 Å². The molecular formula is C18H22ClF3N2O2. The van der Waals surface area contributed by atoms with Crippen molar-refractivity contribution in [3.05, 3.63) is 28.8 Å². The van der Waals surface area contributed by atoms with Gasteiger partial charge in [-0.3, -0.25) is 9.59 Å². The highest BCUT2D eigenvalue weighted by molar-refractivity contribution is 6.30. The summed E-state index contributed by atoms with van der Waals surface area (Å²) in [6, 6.07) is 3.09. The van der Waals surface area contributed by atoms with E-state index in [1.807, 2.05) is 0 Å². The van der Waals surface area contributed by atoms with Crippen LogP contribution in [0.25, 0.3) is 0 Å². The van der Waals surface area contributed by atoms with Crippen molar-refractivity contribution >= 4 is 29.1 Å². The average molecular weight is 391 g/mol. The Morgan fingerprint density at radius 1 is 1.19 bits per heavy atom. The van der Waals surface area contributed by atoms with Crippen LogP contribution in [0.4, 0.5) is 18.9 Å². The number of nitrogens with zero attached hydrogens (tertiary/aromatic N) is 1. The Kier molecular flexibility index (Phi) is 5.90. The van der Waals surface area contributed by atoms with Gasteiger partial charge in [0.2, 0.25) is 11.8 Å².